The second-order valence-corrected chi connectivity index (χ2v) is 8.86. The van der Waals surface area contributed by atoms with Crippen LogP contribution in [0.1, 0.15) is 27.6 Å². The Bertz CT molecular complexity index is 1650. The zero-order valence-corrected chi connectivity index (χ0v) is 23.0. The Kier molecular flexibility index (Phi) is 10.6. The van der Waals surface area contributed by atoms with Gasteiger partial charge in [-0.2, -0.15) is 0 Å². The summed E-state index contributed by atoms with van der Waals surface area (Å²) in [6.07, 6.45) is 5.56. The number of primary amides is 1. The number of nitrogens with zero attached hydrogens (tertiary/aromatic N) is 4. The first-order chi connectivity index (χ1) is 20.0. The normalized spacial score (nSPS) is 10.1. The maximum absolute atomic E-state index is 11.7. The lowest BCUT2D eigenvalue weighted by atomic mass is 10.1. The smallest absolute Gasteiger partial charge is 0.312 e. The molecule has 42 heavy (non-hydrogen) atoms. The van der Waals surface area contributed by atoms with E-state index in [4.69, 9.17) is 38.4 Å². The van der Waals surface area contributed by atoms with Crippen LogP contribution in [0.4, 0.5) is 11.4 Å². The number of rotatable bonds is 9. The summed E-state index contributed by atoms with van der Waals surface area (Å²) in [6.45, 7) is 2.19. The van der Waals surface area contributed by atoms with Crippen molar-refractivity contribution in [3.63, 3.8) is 0 Å². The SMILES string of the molecule is CCNC(=O)c1ccc(Oc2cncc(Cl)c2)c([N+](=O)[O-])c1.NC(=O)c1ccc(Oc2cncc(Cl)c2)c([N+](=O)[O-])c1. The second kappa shape index (κ2) is 14.3. The first-order valence-electron chi connectivity index (χ1n) is 11.7. The first kappa shape index (κ1) is 31.2. The van der Waals surface area contributed by atoms with Gasteiger partial charge in [-0.25, -0.2) is 0 Å². The Hall–Kier alpha value is -5.34. The van der Waals surface area contributed by atoms with Crippen molar-refractivity contribution in [2.24, 2.45) is 5.73 Å². The maximum Gasteiger partial charge on any atom is 0.312 e. The van der Waals surface area contributed by atoms with Crippen molar-refractivity contribution >= 4 is 46.4 Å². The van der Waals surface area contributed by atoms with Crippen molar-refractivity contribution in [2.45, 2.75) is 6.92 Å². The summed E-state index contributed by atoms with van der Waals surface area (Å²) in [6, 6.07) is 10.6. The maximum atomic E-state index is 11.7. The molecule has 216 valence electrons. The van der Waals surface area contributed by atoms with Crippen LogP contribution in [0.2, 0.25) is 10.0 Å². The molecule has 2 amide bonds. The molecule has 0 aliphatic heterocycles. The topological polar surface area (TPSA) is 203 Å². The predicted octanol–water partition coefficient (Wildman–Crippen LogP) is 5.72. The molecule has 2 aromatic heterocycles. The second-order valence-electron chi connectivity index (χ2n) is 7.98. The van der Waals surface area contributed by atoms with Gasteiger partial charge in [0.05, 0.1) is 32.3 Å². The molecule has 3 N–H and O–H groups in total. The fourth-order valence-electron chi connectivity index (χ4n) is 3.20. The van der Waals surface area contributed by atoms with Crippen LogP contribution >= 0.6 is 23.2 Å². The Morgan fingerprint density at radius 3 is 1.67 bits per heavy atom. The number of halogens is 2. The Morgan fingerprint density at radius 2 is 1.26 bits per heavy atom. The number of nitro groups is 2. The monoisotopic (exact) mass is 614 g/mol. The van der Waals surface area contributed by atoms with Crippen molar-refractivity contribution in [1.29, 1.82) is 0 Å². The third kappa shape index (κ3) is 8.58. The van der Waals surface area contributed by atoms with Crippen LogP contribution in [-0.2, 0) is 0 Å². The number of carbonyl (C=O) groups is 2. The summed E-state index contributed by atoms with van der Waals surface area (Å²) in [5.41, 5.74) is 4.59. The zero-order chi connectivity index (χ0) is 30.8. The fraction of sp³-hybridized carbons (Fsp3) is 0.0769. The van der Waals surface area contributed by atoms with Crippen LogP contribution < -0.4 is 20.5 Å². The van der Waals surface area contributed by atoms with Crippen molar-refractivity contribution in [1.82, 2.24) is 15.3 Å². The van der Waals surface area contributed by atoms with E-state index in [1.54, 1.807) is 6.92 Å². The fourth-order valence-corrected chi connectivity index (χ4v) is 3.53. The molecule has 0 saturated heterocycles. The number of pyridine rings is 2. The zero-order valence-electron chi connectivity index (χ0n) is 21.5. The number of ether oxygens (including phenoxy) is 2. The number of nitrogens with one attached hydrogen (secondary N) is 1. The summed E-state index contributed by atoms with van der Waals surface area (Å²) in [5.74, 6) is -0.675. The average molecular weight is 615 g/mol. The molecule has 16 heteroatoms. The lowest BCUT2D eigenvalue weighted by Gasteiger charge is -2.08. The number of benzene rings is 2. The number of amides is 2. The van der Waals surface area contributed by atoms with Gasteiger partial charge in [0.2, 0.25) is 17.4 Å². The summed E-state index contributed by atoms with van der Waals surface area (Å²) < 4.78 is 10.8. The molecule has 14 nitrogen and oxygen atoms in total. The number of hydrogen-bond donors (Lipinski definition) is 2. The van der Waals surface area contributed by atoms with Gasteiger partial charge in [0, 0.05) is 54.3 Å². The highest BCUT2D eigenvalue weighted by Crippen LogP contribution is 2.34. The molecular formula is C26H20Cl2N6O8. The molecule has 0 unspecified atom stereocenters. The van der Waals surface area contributed by atoms with Crippen molar-refractivity contribution < 1.29 is 28.9 Å². The highest BCUT2D eigenvalue weighted by atomic mass is 35.5. The van der Waals surface area contributed by atoms with Gasteiger partial charge in [0.15, 0.2) is 0 Å². The van der Waals surface area contributed by atoms with Gasteiger partial charge in [-0.1, -0.05) is 23.2 Å². The lowest BCUT2D eigenvalue weighted by Crippen LogP contribution is -2.22. The molecule has 2 aromatic carbocycles. The van der Waals surface area contributed by atoms with E-state index >= 15 is 0 Å². The van der Waals surface area contributed by atoms with Crippen molar-refractivity contribution in [3.8, 4) is 23.0 Å². The molecule has 0 aliphatic rings. The van der Waals surface area contributed by atoms with E-state index in [0.717, 1.165) is 12.1 Å². The van der Waals surface area contributed by atoms with Crippen LogP contribution in [0.5, 0.6) is 23.0 Å². The van der Waals surface area contributed by atoms with E-state index < -0.39 is 15.8 Å². The predicted molar refractivity (Wildman–Crippen MR) is 151 cm³/mol. The van der Waals surface area contributed by atoms with Crippen LogP contribution in [-0.4, -0.2) is 38.2 Å². The molecule has 0 spiro atoms. The van der Waals surface area contributed by atoms with Crippen molar-refractivity contribution in [3.05, 3.63) is 115 Å². The summed E-state index contributed by atoms with van der Waals surface area (Å²) in [4.78, 5) is 51.3. The summed E-state index contributed by atoms with van der Waals surface area (Å²) in [5, 5.41) is 25.4. The molecule has 0 saturated carbocycles. The standard InChI is InChI=1S/C14H12ClN3O4.C12H8ClN3O4/c1-2-17-14(19)9-3-4-13(12(5-9)18(20)21)22-11-6-10(15)7-16-8-11;13-8-4-9(6-15-5-8)20-11-2-1-7(12(14)17)3-10(11)16(18)19/h3-8H,2H2,1H3,(H,17,19);1-6H,(H2,14,17). The number of nitro benzene ring substituents is 2. The van der Waals surface area contributed by atoms with Crippen LogP contribution in [0.15, 0.2) is 73.3 Å². The van der Waals surface area contributed by atoms with E-state index in [9.17, 15) is 29.8 Å². The van der Waals surface area contributed by atoms with E-state index in [-0.39, 0.29) is 51.4 Å². The molecule has 4 aromatic rings. The van der Waals surface area contributed by atoms with Crippen LogP contribution in [0.3, 0.4) is 0 Å². The van der Waals surface area contributed by atoms with Crippen LogP contribution in [0, 0.1) is 20.2 Å². The van der Waals surface area contributed by atoms with Gasteiger partial charge in [-0.15, -0.1) is 0 Å². The molecule has 4 rings (SSSR count). The molecule has 0 bridgehead atoms. The largest absolute Gasteiger partial charge is 0.448 e. The third-order valence-electron chi connectivity index (χ3n) is 5.01. The minimum absolute atomic E-state index is 0.00196. The molecule has 0 radical (unpaired) electrons. The number of carbonyl (C=O) groups excluding carboxylic acids is 2. The van der Waals surface area contributed by atoms with Gasteiger partial charge < -0.3 is 20.5 Å². The number of aromatic nitrogens is 2. The van der Waals surface area contributed by atoms with Gasteiger partial charge in [0.25, 0.3) is 5.91 Å². The average Bonchev–Trinajstić information content (AvgIpc) is 2.93. The minimum atomic E-state index is -0.760. The van der Waals surface area contributed by atoms with E-state index in [2.05, 4.69) is 15.3 Å². The number of nitrogens with two attached hydrogens (primary N) is 1. The summed E-state index contributed by atoms with van der Waals surface area (Å²) in [7, 11) is 0. The van der Waals surface area contributed by atoms with Crippen LogP contribution in [0.25, 0.3) is 0 Å². The molecular weight excluding hydrogens is 595 g/mol. The van der Waals surface area contributed by atoms with Gasteiger partial charge in [-0.05, 0) is 31.2 Å². The van der Waals surface area contributed by atoms with Gasteiger partial charge in [0.1, 0.15) is 11.5 Å². The Morgan fingerprint density at radius 1 is 0.810 bits per heavy atom. The Balaban J connectivity index is 0.000000231. The summed E-state index contributed by atoms with van der Waals surface area (Å²) >= 11 is 11.5. The van der Waals surface area contributed by atoms with E-state index in [1.165, 1.54) is 61.2 Å². The highest BCUT2D eigenvalue weighted by molar-refractivity contribution is 6.30. The highest BCUT2D eigenvalue weighted by Gasteiger charge is 2.20. The molecule has 0 atom stereocenters. The molecule has 2 heterocycles. The number of hydrogen-bond acceptors (Lipinski definition) is 10. The molecule has 0 fully saturated rings. The molecule has 0 aliphatic carbocycles. The van der Waals surface area contributed by atoms with Gasteiger partial charge >= 0.3 is 11.4 Å². The minimum Gasteiger partial charge on any atom is -0.448 e. The van der Waals surface area contributed by atoms with E-state index in [1.807, 2.05) is 0 Å². The van der Waals surface area contributed by atoms with Gasteiger partial charge in [-0.3, -0.25) is 39.8 Å². The quantitative estimate of drug-likeness (QED) is 0.173. The van der Waals surface area contributed by atoms with Crippen molar-refractivity contribution in [2.75, 3.05) is 6.54 Å². The third-order valence-corrected chi connectivity index (χ3v) is 5.42. The first-order valence-corrected chi connectivity index (χ1v) is 12.5. The van der Waals surface area contributed by atoms with E-state index in [0.29, 0.717) is 16.6 Å². The Labute approximate surface area is 247 Å². The lowest BCUT2D eigenvalue weighted by molar-refractivity contribution is -0.385.